The van der Waals surface area contributed by atoms with Gasteiger partial charge in [-0.3, -0.25) is 0 Å². The lowest BCUT2D eigenvalue weighted by Crippen LogP contribution is -2.36. The minimum Gasteiger partial charge on any atom is -0.444 e. The van der Waals surface area contributed by atoms with Crippen LogP contribution in [-0.4, -0.2) is 52.4 Å². The molecule has 1 saturated heterocycles. The highest BCUT2D eigenvalue weighted by atomic mass is 16.6. The first-order chi connectivity index (χ1) is 12.9. The van der Waals surface area contributed by atoms with Crippen LogP contribution in [0.4, 0.5) is 4.79 Å². The number of fused-ring (bicyclic) bond motifs is 1. The third-order valence-electron chi connectivity index (χ3n) is 4.50. The van der Waals surface area contributed by atoms with Gasteiger partial charge >= 0.3 is 6.09 Å². The van der Waals surface area contributed by atoms with Gasteiger partial charge in [0, 0.05) is 30.4 Å². The lowest BCUT2D eigenvalue weighted by molar-refractivity contribution is 0.0207. The van der Waals surface area contributed by atoms with E-state index in [2.05, 4.69) is 22.1 Å². The summed E-state index contributed by atoms with van der Waals surface area (Å²) in [4.78, 5) is 22.7. The molecule has 0 spiro atoms. The van der Waals surface area contributed by atoms with Gasteiger partial charge in [0.05, 0.1) is 12.6 Å². The molecule has 1 fully saturated rings. The predicted octanol–water partition coefficient (Wildman–Crippen LogP) is 3.98. The lowest BCUT2D eigenvalue weighted by Gasteiger charge is -2.24. The second kappa shape index (κ2) is 8.65. The fourth-order valence-electron chi connectivity index (χ4n) is 3.15. The molecular weight excluding hydrogens is 342 g/mol. The van der Waals surface area contributed by atoms with Crippen LogP contribution in [0, 0.1) is 0 Å². The summed E-state index contributed by atoms with van der Waals surface area (Å²) in [6.45, 7) is 7.68. The zero-order chi connectivity index (χ0) is 19.3. The summed E-state index contributed by atoms with van der Waals surface area (Å²) in [6, 6.07) is 8.09. The van der Waals surface area contributed by atoms with Crippen LogP contribution >= 0.6 is 0 Å². The van der Waals surface area contributed by atoms with E-state index >= 15 is 0 Å². The first-order valence-corrected chi connectivity index (χ1v) is 9.71. The number of carbonyl (C=O) groups excluding carboxylic acids is 1. The van der Waals surface area contributed by atoms with Gasteiger partial charge in [-0.1, -0.05) is 0 Å². The standard InChI is InChI=1S/C21H29N3O3/c1-21(2,3)27-20(25)24-13-11-18(15-24)26-14-5-4-8-17-10-9-16-7-6-12-22-19(16)23-17/h6-7,9-10,12,18H,4-5,8,11,13-15H2,1-3H3/t18-/m1/s1. The van der Waals surface area contributed by atoms with Gasteiger partial charge in [0.15, 0.2) is 5.65 Å². The molecule has 0 unspecified atom stereocenters. The Balaban J connectivity index is 1.34. The largest absolute Gasteiger partial charge is 0.444 e. The molecule has 27 heavy (non-hydrogen) atoms. The van der Waals surface area contributed by atoms with Crippen LogP contribution in [0.3, 0.4) is 0 Å². The van der Waals surface area contributed by atoms with E-state index in [1.807, 2.05) is 32.9 Å². The monoisotopic (exact) mass is 371 g/mol. The Morgan fingerprint density at radius 2 is 2.11 bits per heavy atom. The highest BCUT2D eigenvalue weighted by Crippen LogP contribution is 2.18. The third-order valence-corrected chi connectivity index (χ3v) is 4.50. The van der Waals surface area contributed by atoms with Crippen molar-refractivity contribution in [2.75, 3.05) is 19.7 Å². The molecule has 3 rings (SSSR count). The highest BCUT2D eigenvalue weighted by Gasteiger charge is 2.30. The van der Waals surface area contributed by atoms with E-state index in [9.17, 15) is 4.79 Å². The molecule has 0 aliphatic carbocycles. The SMILES string of the molecule is CC(C)(C)OC(=O)N1CC[C@@H](OCCCCc2ccc3cccnc3n2)C1. The number of nitrogens with zero attached hydrogens (tertiary/aromatic N) is 3. The Kier molecular flexibility index (Phi) is 6.26. The van der Waals surface area contributed by atoms with Crippen LogP contribution in [0.1, 0.15) is 45.7 Å². The van der Waals surface area contributed by atoms with Crippen LogP contribution in [0.2, 0.25) is 0 Å². The van der Waals surface area contributed by atoms with E-state index in [0.717, 1.165) is 42.4 Å². The molecule has 0 radical (unpaired) electrons. The van der Waals surface area contributed by atoms with Crippen LogP contribution in [0.5, 0.6) is 0 Å². The molecular formula is C21H29N3O3. The van der Waals surface area contributed by atoms with E-state index < -0.39 is 5.60 Å². The molecule has 0 saturated carbocycles. The number of carbonyl (C=O) groups is 1. The molecule has 2 aromatic heterocycles. The topological polar surface area (TPSA) is 64.5 Å². The predicted molar refractivity (Wildman–Crippen MR) is 105 cm³/mol. The Hall–Kier alpha value is -2.21. The molecule has 1 aliphatic rings. The summed E-state index contributed by atoms with van der Waals surface area (Å²) in [5.74, 6) is 0. The highest BCUT2D eigenvalue weighted by molar-refractivity contribution is 5.74. The Morgan fingerprint density at radius 1 is 1.26 bits per heavy atom. The fourth-order valence-corrected chi connectivity index (χ4v) is 3.15. The molecule has 0 N–H and O–H groups in total. The normalized spacial score (nSPS) is 17.4. The zero-order valence-electron chi connectivity index (χ0n) is 16.5. The van der Waals surface area contributed by atoms with Gasteiger partial charge in [-0.15, -0.1) is 0 Å². The van der Waals surface area contributed by atoms with Crippen molar-refractivity contribution in [3.63, 3.8) is 0 Å². The number of rotatable bonds is 6. The number of unbranched alkanes of at least 4 members (excludes halogenated alkanes) is 1. The summed E-state index contributed by atoms with van der Waals surface area (Å²) in [5.41, 5.74) is 1.42. The molecule has 0 aromatic carbocycles. The molecule has 1 aliphatic heterocycles. The average Bonchev–Trinajstić information content (AvgIpc) is 3.09. The Labute approximate surface area is 160 Å². The minimum atomic E-state index is -0.456. The third kappa shape index (κ3) is 5.89. The maximum absolute atomic E-state index is 12.1. The van der Waals surface area contributed by atoms with Crippen LogP contribution in [-0.2, 0) is 15.9 Å². The molecule has 6 nitrogen and oxygen atoms in total. The fraction of sp³-hybridized carbons (Fsp3) is 0.571. The summed E-state index contributed by atoms with van der Waals surface area (Å²) in [7, 11) is 0. The van der Waals surface area contributed by atoms with Gasteiger partial charge in [0.25, 0.3) is 0 Å². The molecule has 0 bridgehead atoms. The number of hydrogen-bond acceptors (Lipinski definition) is 5. The summed E-state index contributed by atoms with van der Waals surface area (Å²) in [5, 5.41) is 1.07. The number of amides is 1. The van der Waals surface area contributed by atoms with Gasteiger partial charge in [-0.05, 0) is 70.7 Å². The molecule has 146 valence electrons. The van der Waals surface area contributed by atoms with Crippen molar-refractivity contribution in [1.29, 1.82) is 0 Å². The Morgan fingerprint density at radius 3 is 2.93 bits per heavy atom. The van der Waals surface area contributed by atoms with Crippen molar-refractivity contribution in [2.24, 2.45) is 0 Å². The second-order valence-corrected chi connectivity index (χ2v) is 8.02. The van der Waals surface area contributed by atoms with Crippen molar-refractivity contribution < 1.29 is 14.3 Å². The molecule has 6 heteroatoms. The van der Waals surface area contributed by atoms with Crippen LogP contribution in [0.25, 0.3) is 11.0 Å². The maximum Gasteiger partial charge on any atom is 0.410 e. The van der Waals surface area contributed by atoms with Crippen LogP contribution < -0.4 is 0 Å². The summed E-state index contributed by atoms with van der Waals surface area (Å²) in [6.07, 6.45) is 5.43. The second-order valence-electron chi connectivity index (χ2n) is 8.02. The minimum absolute atomic E-state index is 0.112. The average molecular weight is 371 g/mol. The number of pyridine rings is 2. The lowest BCUT2D eigenvalue weighted by atomic mass is 10.1. The molecule has 3 heterocycles. The van der Waals surface area contributed by atoms with Crippen molar-refractivity contribution in [2.45, 2.75) is 58.2 Å². The van der Waals surface area contributed by atoms with Gasteiger partial charge in [-0.25, -0.2) is 14.8 Å². The first-order valence-electron chi connectivity index (χ1n) is 9.71. The van der Waals surface area contributed by atoms with Crippen molar-refractivity contribution in [3.05, 3.63) is 36.2 Å². The van der Waals surface area contributed by atoms with Crippen molar-refractivity contribution >= 4 is 17.1 Å². The quantitative estimate of drug-likeness (QED) is 0.719. The smallest absolute Gasteiger partial charge is 0.410 e. The van der Waals surface area contributed by atoms with Crippen LogP contribution in [0.15, 0.2) is 30.5 Å². The van der Waals surface area contributed by atoms with Crippen molar-refractivity contribution in [1.82, 2.24) is 14.9 Å². The summed E-state index contributed by atoms with van der Waals surface area (Å²) >= 11 is 0. The van der Waals surface area contributed by atoms with Gasteiger partial charge in [0.2, 0.25) is 0 Å². The van der Waals surface area contributed by atoms with Gasteiger partial charge < -0.3 is 14.4 Å². The van der Waals surface area contributed by atoms with E-state index in [0.29, 0.717) is 19.7 Å². The Bertz CT molecular complexity index is 773. The van der Waals surface area contributed by atoms with E-state index in [1.165, 1.54) is 0 Å². The van der Waals surface area contributed by atoms with Gasteiger partial charge in [-0.2, -0.15) is 0 Å². The number of likely N-dealkylation sites (tertiary alicyclic amines) is 1. The van der Waals surface area contributed by atoms with E-state index in [4.69, 9.17) is 9.47 Å². The summed E-state index contributed by atoms with van der Waals surface area (Å²) < 4.78 is 11.4. The number of aromatic nitrogens is 2. The first kappa shape index (κ1) is 19.5. The molecule has 2 aromatic rings. The number of aryl methyl sites for hydroxylation is 1. The molecule has 1 atom stereocenters. The van der Waals surface area contributed by atoms with Gasteiger partial charge in [0.1, 0.15) is 5.60 Å². The zero-order valence-corrected chi connectivity index (χ0v) is 16.5. The van der Waals surface area contributed by atoms with Crippen molar-refractivity contribution in [3.8, 4) is 0 Å². The van der Waals surface area contributed by atoms with E-state index in [1.54, 1.807) is 11.1 Å². The molecule has 1 amide bonds. The number of ether oxygens (including phenoxy) is 2. The van der Waals surface area contributed by atoms with E-state index in [-0.39, 0.29) is 12.2 Å². The number of hydrogen-bond donors (Lipinski definition) is 0. The maximum atomic E-state index is 12.1.